The van der Waals surface area contributed by atoms with Gasteiger partial charge in [-0.05, 0) is 32.0 Å². The number of rotatable bonds is 12. The van der Waals surface area contributed by atoms with Crippen LogP contribution in [-0.2, 0) is 13.6 Å². The van der Waals surface area contributed by atoms with Crippen molar-refractivity contribution in [2.45, 2.75) is 64.7 Å². The zero-order chi connectivity index (χ0) is 17.4. The van der Waals surface area contributed by atoms with Gasteiger partial charge in [0.1, 0.15) is 16.5 Å². The zero-order valence-electron chi connectivity index (χ0n) is 16.4. The van der Waals surface area contributed by atoms with Crippen LogP contribution in [-0.4, -0.2) is 63.2 Å². The standard InChI is InChI=1S/C15H39NO3Si3/c1-17-22(9,18-2)15-11-14-19-13-10-12-16(20(3,4)5)21(6,7)8/h10-15H2,1-9H3. The van der Waals surface area contributed by atoms with Crippen LogP contribution < -0.4 is 0 Å². The molecule has 0 N–H and O–H groups in total. The fourth-order valence-electron chi connectivity index (χ4n) is 2.89. The first-order chi connectivity index (χ1) is 9.96. The Morgan fingerprint density at radius 3 is 1.59 bits per heavy atom. The Bertz CT molecular complexity index is 285. The molecule has 0 heterocycles. The van der Waals surface area contributed by atoms with Crippen LogP contribution in [0.1, 0.15) is 12.8 Å². The third-order valence-electron chi connectivity index (χ3n) is 4.07. The molecule has 7 heteroatoms. The molecule has 22 heavy (non-hydrogen) atoms. The topological polar surface area (TPSA) is 30.9 Å². The van der Waals surface area contributed by atoms with Crippen LogP contribution in [0.15, 0.2) is 0 Å². The van der Waals surface area contributed by atoms with E-state index < -0.39 is 25.0 Å². The highest BCUT2D eigenvalue weighted by molar-refractivity contribution is 6.89. The summed E-state index contributed by atoms with van der Waals surface area (Å²) in [7, 11) is -0.855. The van der Waals surface area contributed by atoms with Crippen molar-refractivity contribution in [3.8, 4) is 0 Å². The van der Waals surface area contributed by atoms with E-state index in [0.29, 0.717) is 0 Å². The first kappa shape index (κ1) is 22.5. The Labute approximate surface area is 141 Å². The molecule has 0 spiro atoms. The first-order valence-corrected chi connectivity index (χ1v) is 17.8. The molecule has 0 aromatic heterocycles. The predicted octanol–water partition coefficient (Wildman–Crippen LogP) is 4.12. The molecular formula is C15H39NO3Si3. The third kappa shape index (κ3) is 8.95. The highest BCUT2D eigenvalue weighted by Crippen LogP contribution is 2.20. The van der Waals surface area contributed by atoms with Crippen molar-refractivity contribution in [2.24, 2.45) is 0 Å². The van der Waals surface area contributed by atoms with Gasteiger partial charge in [-0.15, -0.1) is 0 Å². The summed E-state index contributed by atoms with van der Waals surface area (Å²) in [6, 6.07) is 0.996. The van der Waals surface area contributed by atoms with E-state index in [2.05, 4.69) is 50.1 Å². The maximum atomic E-state index is 5.81. The van der Waals surface area contributed by atoms with Gasteiger partial charge in [-0.25, -0.2) is 0 Å². The van der Waals surface area contributed by atoms with E-state index in [1.54, 1.807) is 14.2 Å². The Morgan fingerprint density at radius 1 is 0.727 bits per heavy atom. The van der Waals surface area contributed by atoms with E-state index in [1.165, 1.54) is 6.54 Å². The van der Waals surface area contributed by atoms with Crippen LogP contribution in [0.3, 0.4) is 0 Å². The minimum atomic E-state index is -1.91. The van der Waals surface area contributed by atoms with Crippen LogP contribution in [0.5, 0.6) is 0 Å². The van der Waals surface area contributed by atoms with E-state index in [0.717, 1.165) is 32.1 Å². The van der Waals surface area contributed by atoms with Gasteiger partial charge < -0.3 is 17.8 Å². The fourth-order valence-corrected chi connectivity index (χ4v) is 14.0. The Balaban J connectivity index is 3.93. The summed E-state index contributed by atoms with van der Waals surface area (Å²) in [5.74, 6) is 0. The van der Waals surface area contributed by atoms with Crippen LogP contribution in [0.2, 0.25) is 51.9 Å². The number of nitrogens with zero attached hydrogens (tertiary/aromatic N) is 1. The van der Waals surface area contributed by atoms with Gasteiger partial charge in [0.05, 0.1) is 0 Å². The smallest absolute Gasteiger partial charge is 0.334 e. The second-order valence-corrected chi connectivity index (χ2v) is 21.9. The number of ether oxygens (including phenoxy) is 1. The summed E-state index contributed by atoms with van der Waals surface area (Å²) in [6.07, 6.45) is 2.16. The average molecular weight is 366 g/mol. The molecule has 0 saturated carbocycles. The lowest BCUT2D eigenvalue weighted by atomic mass is 10.4. The molecule has 0 aliphatic heterocycles. The monoisotopic (exact) mass is 365 g/mol. The van der Waals surface area contributed by atoms with Gasteiger partial charge in [0, 0.05) is 27.4 Å². The van der Waals surface area contributed by atoms with E-state index in [4.69, 9.17) is 13.6 Å². The number of hydrogen-bond acceptors (Lipinski definition) is 4. The second kappa shape index (κ2) is 9.71. The Morgan fingerprint density at radius 2 is 1.18 bits per heavy atom. The molecule has 0 aliphatic rings. The normalized spacial score (nSPS) is 13.9. The van der Waals surface area contributed by atoms with Gasteiger partial charge >= 0.3 is 8.56 Å². The van der Waals surface area contributed by atoms with Crippen molar-refractivity contribution in [3.05, 3.63) is 0 Å². The molecule has 0 aromatic rings. The SMILES string of the molecule is CO[Si](C)(CCCOCCCN([Si](C)(C)C)[Si](C)(C)C)OC. The van der Waals surface area contributed by atoms with Gasteiger partial charge in [0.2, 0.25) is 0 Å². The maximum Gasteiger partial charge on any atom is 0.334 e. The predicted molar refractivity (Wildman–Crippen MR) is 104 cm³/mol. The van der Waals surface area contributed by atoms with Gasteiger partial charge in [-0.2, -0.15) is 0 Å². The van der Waals surface area contributed by atoms with E-state index in [-0.39, 0.29) is 0 Å². The van der Waals surface area contributed by atoms with Crippen molar-refractivity contribution in [1.82, 2.24) is 4.23 Å². The summed E-state index contributed by atoms with van der Waals surface area (Å²) >= 11 is 0. The minimum absolute atomic E-state index is 0.815. The Hall–Kier alpha value is 0.491. The van der Waals surface area contributed by atoms with Crippen molar-refractivity contribution in [2.75, 3.05) is 34.0 Å². The summed E-state index contributed by atoms with van der Waals surface area (Å²) in [5, 5.41) is 0. The largest absolute Gasteiger partial charge is 0.398 e. The van der Waals surface area contributed by atoms with Crippen LogP contribution in [0.4, 0.5) is 0 Å². The molecular weight excluding hydrogens is 326 g/mol. The van der Waals surface area contributed by atoms with Crippen molar-refractivity contribution >= 4 is 25.0 Å². The van der Waals surface area contributed by atoms with Crippen LogP contribution >= 0.6 is 0 Å². The van der Waals surface area contributed by atoms with E-state index in [9.17, 15) is 0 Å². The summed E-state index contributed by atoms with van der Waals surface area (Å²) in [6.45, 7) is 19.7. The lowest BCUT2D eigenvalue weighted by Gasteiger charge is -2.43. The molecule has 0 fully saturated rings. The van der Waals surface area contributed by atoms with Gasteiger partial charge in [0.25, 0.3) is 0 Å². The van der Waals surface area contributed by atoms with Crippen molar-refractivity contribution < 1.29 is 13.6 Å². The van der Waals surface area contributed by atoms with Crippen LogP contribution in [0.25, 0.3) is 0 Å². The molecule has 0 rings (SSSR count). The zero-order valence-corrected chi connectivity index (χ0v) is 19.4. The molecule has 0 radical (unpaired) electrons. The quantitative estimate of drug-likeness (QED) is 0.384. The van der Waals surface area contributed by atoms with E-state index >= 15 is 0 Å². The highest BCUT2D eigenvalue weighted by atomic mass is 28.4. The number of hydrogen-bond donors (Lipinski definition) is 0. The fraction of sp³-hybridized carbons (Fsp3) is 1.00. The lowest BCUT2D eigenvalue weighted by molar-refractivity contribution is 0.127. The van der Waals surface area contributed by atoms with Crippen molar-refractivity contribution in [1.29, 1.82) is 0 Å². The van der Waals surface area contributed by atoms with Crippen LogP contribution in [0, 0.1) is 0 Å². The van der Waals surface area contributed by atoms with E-state index in [1.807, 2.05) is 0 Å². The Kier molecular flexibility index (Phi) is 9.92. The summed E-state index contributed by atoms with van der Waals surface area (Å²) < 4.78 is 19.6. The molecule has 4 nitrogen and oxygen atoms in total. The molecule has 0 amide bonds. The van der Waals surface area contributed by atoms with Gasteiger partial charge in [0.15, 0.2) is 0 Å². The third-order valence-corrected chi connectivity index (χ3v) is 14.8. The second-order valence-electron chi connectivity index (χ2n) is 8.10. The molecule has 134 valence electrons. The van der Waals surface area contributed by atoms with Crippen molar-refractivity contribution in [3.63, 3.8) is 0 Å². The first-order valence-electron chi connectivity index (χ1n) is 8.42. The van der Waals surface area contributed by atoms with Gasteiger partial charge in [-0.1, -0.05) is 39.3 Å². The molecule has 0 saturated heterocycles. The molecule has 0 aromatic carbocycles. The lowest BCUT2D eigenvalue weighted by Crippen LogP contribution is -2.59. The molecule has 0 bridgehead atoms. The summed E-state index contributed by atoms with van der Waals surface area (Å²) in [5.41, 5.74) is 0. The minimum Gasteiger partial charge on any atom is -0.398 e. The molecule has 0 atom stereocenters. The maximum absolute atomic E-state index is 5.81. The van der Waals surface area contributed by atoms with Gasteiger partial charge in [-0.3, -0.25) is 0 Å². The molecule has 0 unspecified atom stereocenters. The average Bonchev–Trinajstić information content (AvgIpc) is 2.38. The highest BCUT2D eigenvalue weighted by Gasteiger charge is 2.33. The summed E-state index contributed by atoms with van der Waals surface area (Å²) in [4.78, 5) is 0. The molecule has 0 aliphatic carbocycles.